The van der Waals surface area contributed by atoms with Crippen molar-refractivity contribution in [1.29, 1.82) is 0 Å². The molecule has 2 aromatic carbocycles. The third-order valence-electron chi connectivity index (χ3n) is 6.63. The summed E-state index contributed by atoms with van der Waals surface area (Å²) in [5.41, 5.74) is 4.70. The number of aliphatic hydroxyl groups excluding tert-OH is 1. The van der Waals surface area contributed by atoms with E-state index in [0.29, 0.717) is 12.0 Å². The fourth-order valence-corrected chi connectivity index (χ4v) is 4.52. The third-order valence-corrected chi connectivity index (χ3v) is 6.63. The highest BCUT2D eigenvalue weighted by atomic mass is 16.5. The second-order valence-corrected chi connectivity index (χ2v) is 9.32. The second kappa shape index (κ2) is 12.0. The Labute approximate surface area is 206 Å². The van der Waals surface area contributed by atoms with E-state index < -0.39 is 0 Å². The van der Waals surface area contributed by atoms with Gasteiger partial charge in [-0.1, -0.05) is 18.2 Å². The van der Waals surface area contributed by atoms with Crippen LogP contribution in [0.15, 0.2) is 47.6 Å². The minimum absolute atomic E-state index is 0.0440. The molecule has 2 N–H and O–H groups in total. The molecule has 8 nitrogen and oxygen atoms in total. The number of esters is 1. The highest BCUT2D eigenvalue weighted by molar-refractivity contribution is 6.04. The van der Waals surface area contributed by atoms with Gasteiger partial charge in [-0.3, -0.25) is 14.6 Å². The number of piperazine rings is 1. The molecule has 1 aliphatic carbocycles. The van der Waals surface area contributed by atoms with Crippen LogP contribution in [0.2, 0.25) is 0 Å². The van der Waals surface area contributed by atoms with Crippen molar-refractivity contribution in [3.63, 3.8) is 0 Å². The number of carbonyl (C=O) groups is 2. The molecule has 0 spiro atoms. The lowest BCUT2D eigenvalue weighted by molar-refractivity contribution is -0.145. The molecule has 0 bridgehead atoms. The highest BCUT2D eigenvalue weighted by Crippen LogP contribution is 2.30. The van der Waals surface area contributed by atoms with E-state index in [-0.39, 0.29) is 31.0 Å². The zero-order chi connectivity index (χ0) is 24.6. The van der Waals surface area contributed by atoms with Crippen molar-refractivity contribution in [3.05, 3.63) is 64.7 Å². The van der Waals surface area contributed by atoms with Gasteiger partial charge in [0.05, 0.1) is 12.8 Å². The van der Waals surface area contributed by atoms with Crippen LogP contribution < -0.4 is 5.32 Å². The Hall–Kier alpha value is -3.23. The number of nitrogens with one attached hydrogen (secondary N) is 1. The van der Waals surface area contributed by atoms with Crippen molar-refractivity contribution in [3.8, 4) is 0 Å². The van der Waals surface area contributed by atoms with Crippen molar-refractivity contribution in [2.75, 3.05) is 51.8 Å². The Morgan fingerprint density at radius 1 is 1.11 bits per heavy atom. The van der Waals surface area contributed by atoms with Gasteiger partial charge in [-0.2, -0.15) is 5.10 Å². The van der Waals surface area contributed by atoms with E-state index in [9.17, 15) is 9.59 Å². The Balaban J connectivity index is 1.32. The molecular formula is C27H34N4O4. The van der Waals surface area contributed by atoms with Crippen LogP contribution in [-0.4, -0.2) is 79.5 Å². The quantitative estimate of drug-likeness (QED) is 0.447. The first-order chi connectivity index (χ1) is 17.0. The van der Waals surface area contributed by atoms with Gasteiger partial charge in [0.15, 0.2) is 0 Å². The molecule has 1 unspecified atom stereocenters. The molecule has 1 aliphatic heterocycles. The molecule has 35 heavy (non-hydrogen) atoms. The molecule has 1 atom stereocenters. The molecule has 186 valence electrons. The molecular weight excluding hydrogens is 444 g/mol. The van der Waals surface area contributed by atoms with Gasteiger partial charge in [0.25, 0.3) is 5.91 Å². The minimum atomic E-state index is -0.269. The van der Waals surface area contributed by atoms with Crippen LogP contribution in [0.3, 0.4) is 0 Å². The van der Waals surface area contributed by atoms with Gasteiger partial charge < -0.3 is 20.1 Å². The Morgan fingerprint density at radius 3 is 2.63 bits per heavy atom. The van der Waals surface area contributed by atoms with Crippen molar-refractivity contribution in [1.82, 2.24) is 9.91 Å². The topological polar surface area (TPSA) is 94.5 Å². The number of aliphatic hydroxyl groups is 1. The number of hydrazone groups is 1. The number of hydrogen-bond acceptors (Lipinski definition) is 7. The lowest BCUT2D eigenvalue weighted by Crippen LogP contribution is -2.41. The predicted molar refractivity (Wildman–Crippen MR) is 136 cm³/mol. The van der Waals surface area contributed by atoms with Crippen molar-refractivity contribution >= 4 is 23.8 Å². The summed E-state index contributed by atoms with van der Waals surface area (Å²) >= 11 is 0. The van der Waals surface area contributed by atoms with E-state index in [0.717, 1.165) is 62.3 Å². The van der Waals surface area contributed by atoms with Crippen LogP contribution in [0.4, 0.5) is 5.69 Å². The smallest absolute Gasteiger partial charge is 0.306 e. The predicted octanol–water partition coefficient (Wildman–Crippen LogP) is 2.55. The number of ether oxygens (including phenoxy) is 1. The monoisotopic (exact) mass is 478 g/mol. The summed E-state index contributed by atoms with van der Waals surface area (Å²) in [7, 11) is 2.12. The summed E-state index contributed by atoms with van der Waals surface area (Å²) in [6.07, 6.45) is 4.79. The van der Waals surface area contributed by atoms with Crippen LogP contribution in [0.5, 0.6) is 0 Å². The Kier molecular flexibility index (Phi) is 8.50. The molecule has 1 amide bonds. The maximum atomic E-state index is 12.8. The molecule has 0 aromatic heterocycles. The first-order valence-corrected chi connectivity index (χ1v) is 12.3. The largest absolute Gasteiger partial charge is 0.463 e. The number of benzene rings is 2. The molecule has 4 rings (SSSR count). The summed E-state index contributed by atoms with van der Waals surface area (Å²) < 4.78 is 5.01. The summed E-state index contributed by atoms with van der Waals surface area (Å²) in [5.74, 6) is -0.221. The molecule has 0 saturated carbocycles. The first kappa shape index (κ1) is 24.9. The number of fused-ring (bicyclic) bond motifs is 1. The van der Waals surface area contributed by atoms with E-state index in [4.69, 9.17) is 9.84 Å². The second-order valence-electron chi connectivity index (χ2n) is 9.32. The van der Waals surface area contributed by atoms with Crippen molar-refractivity contribution < 1.29 is 19.4 Å². The van der Waals surface area contributed by atoms with E-state index >= 15 is 0 Å². The molecule has 2 aromatic rings. The zero-order valence-corrected chi connectivity index (χ0v) is 20.3. The van der Waals surface area contributed by atoms with Crippen LogP contribution in [0.25, 0.3) is 0 Å². The lowest BCUT2D eigenvalue weighted by atomic mass is 9.82. The summed E-state index contributed by atoms with van der Waals surface area (Å²) in [4.78, 5) is 27.0. The zero-order valence-electron chi connectivity index (χ0n) is 20.3. The van der Waals surface area contributed by atoms with Gasteiger partial charge in [-0.25, -0.2) is 0 Å². The van der Waals surface area contributed by atoms with E-state index in [2.05, 4.69) is 33.4 Å². The Morgan fingerprint density at radius 2 is 1.89 bits per heavy atom. The molecule has 2 aliphatic rings. The maximum absolute atomic E-state index is 12.8. The van der Waals surface area contributed by atoms with Gasteiger partial charge in [-0.05, 0) is 73.2 Å². The third kappa shape index (κ3) is 7.13. The maximum Gasteiger partial charge on any atom is 0.306 e. The van der Waals surface area contributed by atoms with Crippen LogP contribution in [0, 0.1) is 5.92 Å². The van der Waals surface area contributed by atoms with Gasteiger partial charge >= 0.3 is 5.97 Å². The van der Waals surface area contributed by atoms with Gasteiger partial charge in [0.1, 0.15) is 6.61 Å². The lowest BCUT2D eigenvalue weighted by Gasteiger charge is -2.30. The van der Waals surface area contributed by atoms with Crippen molar-refractivity contribution in [2.24, 2.45) is 11.0 Å². The number of carbonyl (C=O) groups excluding carboxylic acids is 2. The summed E-state index contributed by atoms with van der Waals surface area (Å²) in [5, 5.41) is 18.4. The standard InChI is InChI=1S/C27H34N4O4/c1-30-10-12-31(13-11-30)28-19-20-2-6-23(7-3-20)27(34)29-25-9-8-22-5-4-21(16-24(22)18-25)17-26(33)35-15-14-32/h2-3,6-9,18-19,21,32H,4-5,10-17H2,1H3,(H,29,34)/b28-19+. The van der Waals surface area contributed by atoms with Crippen LogP contribution >= 0.6 is 0 Å². The van der Waals surface area contributed by atoms with Gasteiger partial charge in [-0.15, -0.1) is 0 Å². The SMILES string of the molecule is CN1CCN(/N=C/c2ccc(C(=O)Nc3ccc4c(c3)CC(CC(=O)OCCO)CC4)cc2)CC1. The van der Waals surface area contributed by atoms with Gasteiger partial charge in [0, 0.05) is 43.9 Å². The number of hydrogen-bond donors (Lipinski definition) is 2. The fourth-order valence-electron chi connectivity index (χ4n) is 4.52. The molecule has 1 heterocycles. The average molecular weight is 479 g/mol. The molecule has 8 heteroatoms. The Bertz CT molecular complexity index is 1050. The number of rotatable bonds is 8. The summed E-state index contributed by atoms with van der Waals surface area (Å²) in [6, 6.07) is 13.4. The van der Waals surface area contributed by atoms with E-state index in [1.54, 1.807) is 0 Å². The number of amides is 1. The average Bonchev–Trinajstić information content (AvgIpc) is 2.87. The molecule has 1 fully saturated rings. The molecule has 0 radical (unpaired) electrons. The minimum Gasteiger partial charge on any atom is -0.463 e. The number of aryl methyl sites for hydroxylation is 1. The van der Waals surface area contributed by atoms with Crippen LogP contribution in [-0.2, 0) is 22.4 Å². The fraction of sp³-hybridized carbons (Fsp3) is 0.444. The van der Waals surface area contributed by atoms with E-state index in [1.807, 2.05) is 42.6 Å². The summed E-state index contributed by atoms with van der Waals surface area (Å²) in [6.45, 7) is 3.75. The van der Waals surface area contributed by atoms with Crippen LogP contribution in [0.1, 0.15) is 39.9 Å². The number of nitrogens with zero attached hydrogens (tertiary/aromatic N) is 3. The normalized spacial score (nSPS) is 18.3. The van der Waals surface area contributed by atoms with E-state index in [1.165, 1.54) is 5.56 Å². The first-order valence-electron chi connectivity index (χ1n) is 12.3. The number of anilines is 1. The van der Waals surface area contributed by atoms with Crippen molar-refractivity contribution in [2.45, 2.75) is 25.7 Å². The number of likely N-dealkylation sites (N-methyl/N-ethyl adjacent to an activating group) is 1. The van der Waals surface area contributed by atoms with Gasteiger partial charge in [0.2, 0.25) is 0 Å². The highest BCUT2D eigenvalue weighted by Gasteiger charge is 2.22. The molecule has 1 saturated heterocycles.